The second-order valence-electron chi connectivity index (χ2n) is 3.97. The van der Waals surface area contributed by atoms with E-state index < -0.39 is 11.8 Å². The molecule has 1 aliphatic rings. The maximum absolute atomic E-state index is 12.9. The normalized spacial score (nSPS) is 22.0. The van der Waals surface area contributed by atoms with E-state index in [1.165, 1.54) is 11.3 Å². The molecule has 0 amide bonds. The van der Waals surface area contributed by atoms with Crippen LogP contribution in [0.2, 0.25) is 0 Å². The van der Waals surface area contributed by atoms with E-state index in [4.69, 9.17) is 0 Å². The number of aromatic nitrogens is 1. The molecular weight excluding hydrogens is 228 g/mol. The van der Waals surface area contributed by atoms with Crippen molar-refractivity contribution in [3.63, 3.8) is 0 Å². The molecule has 0 unspecified atom stereocenters. The highest BCUT2D eigenvalue weighted by atomic mass is 32.1. The van der Waals surface area contributed by atoms with Gasteiger partial charge in [0.1, 0.15) is 0 Å². The molecule has 1 aliphatic carbocycles. The monoisotopic (exact) mass is 236 g/mol. The van der Waals surface area contributed by atoms with E-state index in [2.05, 4.69) is 10.5 Å². The Morgan fingerprint density at radius 2 is 2.25 bits per heavy atom. The van der Waals surface area contributed by atoms with Crippen LogP contribution in [0.3, 0.4) is 0 Å². The molecule has 16 heavy (non-hydrogen) atoms. The fourth-order valence-electron chi connectivity index (χ4n) is 1.81. The first-order valence-corrected chi connectivity index (χ1v) is 5.84. The molecule has 0 aliphatic heterocycles. The van der Waals surface area contributed by atoms with Gasteiger partial charge in [-0.1, -0.05) is 18.2 Å². The molecule has 0 N–H and O–H groups in total. The van der Waals surface area contributed by atoms with Gasteiger partial charge in [-0.05, 0) is 11.6 Å². The predicted molar refractivity (Wildman–Crippen MR) is 58.7 cm³/mol. The van der Waals surface area contributed by atoms with Crippen LogP contribution >= 0.6 is 11.3 Å². The Kier molecular flexibility index (Phi) is 2.07. The minimum Gasteiger partial charge on any atom is -0.233 e. The summed E-state index contributed by atoms with van der Waals surface area (Å²) in [4.78, 5) is 4.05. The van der Waals surface area contributed by atoms with E-state index in [9.17, 15) is 8.78 Å². The van der Waals surface area contributed by atoms with Gasteiger partial charge >= 0.3 is 0 Å². The van der Waals surface area contributed by atoms with Crippen LogP contribution in [0, 0.1) is 5.51 Å². The number of rotatable bonds is 2. The molecule has 4 heteroatoms. The number of nitrogens with zero attached hydrogens (tertiary/aromatic N) is 1. The van der Waals surface area contributed by atoms with E-state index in [0.29, 0.717) is 5.56 Å². The first-order chi connectivity index (χ1) is 7.67. The average molecular weight is 236 g/mol. The molecule has 1 fully saturated rings. The van der Waals surface area contributed by atoms with E-state index in [1.54, 1.807) is 18.2 Å². The molecule has 1 nitrogen and oxygen atoms in total. The zero-order chi connectivity index (χ0) is 11.2. The number of alkyl halides is 2. The van der Waals surface area contributed by atoms with Crippen LogP contribution in [-0.4, -0.2) is 10.9 Å². The fraction of sp³-hybridized carbons (Fsp3) is 0.250. The van der Waals surface area contributed by atoms with Crippen molar-refractivity contribution in [1.82, 2.24) is 4.98 Å². The number of halogens is 2. The van der Waals surface area contributed by atoms with Gasteiger partial charge in [0.05, 0.1) is 11.6 Å². The molecular formula is C12H8F2NS. The van der Waals surface area contributed by atoms with Crippen molar-refractivity contribution in [1.29, 1.82) is 0 Å². The Bertz CT molecular complexity index is 507. The third-order valence-electron chi connectivity index (χ3n) is 2.80. The first kappa shape index (κ1) is 9.90. The SMILES string of the molecule is FC1(F)C[C@H]1c1cccc(-c2cs[c]n2)c1. The summed E-state index contributed by atoms with van der Waals surface area (Å²) in [5, 5.41) is 1.87. The van der Waals surface area contributed by atoms with Crippen LogP contribution in [0.25, 0.3) is 11.3 Å². The summed E-state index contributed by atoms with van der Waals surface area (Å²) in [6.07, 6.45) is -0.0281. The first-order valence-electron chi connectivity index (χ1n) is 4.96. The van der Waals surface area contributed by atoms with Gasteiger partial charge in [-0.3, -0.25) is 0 Å². The van der Waals surface area contributed by atoms with Crippen LogP contribution in [0.5, 0.6) is 0 Å². The summed E-state index contributed by atoms with van der Waals surface area (Å²) in [5.41, 5.74) is 5.14. The van der Waals surface area contributed by atoms with Crippen molar-refractivity contribution in [3.05, 3.63) is 40.7 Å². The van der Waals surface area contributed by atoms with Crippen molar-refractivity contribution in [3.8, 4) is 11.3 Å². The Hall–Kier alpha value is -1.29. The van der Waals surface area contributed by atoms with Crippen LogP contribution in [-0.2, 0) is 0 Å². The van der Waals surface area contributed by atoms with Gasteiger partial charge in [-0.15, -0.1) is 11.3 Å². The Morgan fingerprint density at radius 3 is 2.88 bits per heavy atom. The van der Waals surface area contributed by atoms with Gasteiger partial charge < -0.3 is 0 Å². The highest BCUT2D eigenvalue weighted by Gasteiger charge is 2.57. The van der Waals surface area contributed by atoms with Gasteiger partial charge in [0, 0.05) is 17.4 Å². The molecule has 2 aromatic rings. The van der Waals surface area contributed by atoms with Gasteiger partial charge in [0.25, 0.3) is 5.92 Å². The fourth-order valence-corrected chi connectivity index (χ4v) is 2.31. The van der Waals surface area contributed by atoms with E-state index in [-0.39, 0.29) is 6.42 Å². The molecule has 1 saturated carbocycles. The third kappa shape index (κ3) is 1.63. The highest BCUT2D eigenvalue weighted by molar-refractivity contribution is 7.07. The Balaban J connectivity index is 1.95. The third-order valence-corrected chi connectivity index (χ3v) is 3.34. The van der Waals surface area contributed by atoms with Crippen molar-refractivity contribution in [2.24, 2.45) is 0 Å². The zero-order valence-electron chi connectivity index (χ0n) is 8.28. The molecule has 0 spiro atoms. The van der Waals surface area contributed by atoms with Crippen molar-refractivity contribution >= 4 is 11.3 Å². The number of benzene rings is 1. The molecule has 1 heterocycles. The quantitative estimate of drug-likeness (QED) is 0.774. The van der Waals surface area contributed by atoms with E-state index >= 15 is 0 Å². The van der Waals surface area contributed by atoms with E-state index in [1.807, 2.05) is 11.4 Å². The van der Waals surface area contributed by atoms with Crippen molar-refractivity contribution < 1.29 is 8.78 Å². The second-order valence-corrected chi connectivity index (χ2v) is 4.62. The summed E-state index contributed by atoms with van der Waals surface area (Å²) in [6.45, 7) is 0. The lowest BCUT2D eigenvalue weighted by molar-refractivity contribution is 0.112. The minimum absolute atomic E-state index is 0.0281. The maximum Gasteiger partial charge on any atom is 0.255 e. The standard InChI is InChI=1S/C12H8F2NS/c13-12(14)5-10(12)8-2-1-3-9(4-8)11-6-16-7-15-11/h1-4,6,10H,5H2/t10-/m0/s1. The van der Waals surface area contributed by atoms with Gasteiger partial charge in [0.2, 0.25) is 0 Å². The number of thiazole rings is 1. The summed E-state index contributed by atoms with van der Waals surface area (Å²) in [6, 6.07) is 7.24. The van der Waals surface area contributed by atoms with Gasteiger partial charge in [0.15, 0.2) is 5.51 Å². The smallest absolute Gasteiger partial charge is 0.233 e. The molecule has 81 valence electrons. The molecule has 1 radical (unpaired) electrons. The van der Waals surface area contributed by atoms with Crippen LogP contribution < -0.4 is 0 Å². The maximum atomic E-state index is 12.9. The topological polar surface area (TPSA) is 12.9 Å². The van der Waals surface area contributed by atoms with Crippen molar-refractivity contribution in [2.45, 2.75) is 18.3 Å². The van der Waals surface area contributed by atoms with Gasteiger partial charge in [-0.2, -0.15) is 0 Å². The molecule has 1 aromatic heterocycles. The van der Waals surface area contributed by atoms with E-state index in [0.717, 1.165) is 11.3 Å². The second kappa shape index (κ2) is 3.35. The highest BCUT2D eigenvalue weighted by Crippen LogP contribution is 2.55. The van der Waals surface area contributed by atoms with Crippen molar-refractivity contribution in [2.75, 3.05) is 0 Å². The van der Waals surface area contributed by atoms with Crippen LogP contribution in [0.15, 0.2) is 29.6 Å². The summed E-state index contributed by atoms with van der Waals surface area (Å²) < 4.78 is 25.9. The molecule has 1 atom stereocenters. The average Bonchev–Trinajstić information content (AvgIpc) is 2.71. The predicted octanol–water partition coefficient (Wildman–Crippen LogP) is 3.73. The Morgan fingerprint density at radius 1 is 1.44 bits per heavy atom. The summed E-state index contributed by atoms with van der Waals surface area (Å²) in [7, 11) is 0. The number of hydrogen-bond donors (Lipinski definition) is 0. The van der Waals surface area contributed by atoms with Crippen LogP contribution in [0.4, 0.5) is 8.78 Å². The largest absolute Gasteiger partial charge is 0.255 e. The lowest BCUT2D eigenvalue weighted by atomic mass is 10.1. The lowest BCUT2D eigenvalue weighted by Gasteiger charge is -2.02. The summed E-state index contributed by atoms with van der Waals surface area (Å²) >= 11 is 1.38. The van der Waals surface area contributed by atoms with Crippen LogP contribution in [0.1, 0.15) is 17.9 Å². The lowest BCUT2D eigenvalue weighted by Crippen LogP contribution is -1.93. The van der Waals surface area contributed by atoms with Gasteiger partial charge in [-0.25, -0.2) is 13.8 Å². The molecule has 1 aromatic carbocycles. The molecule has 3 rings (SSSR count). The zero-order valence-corrected chi connectivity index (χ0v) is 9.10. The minimum atomic E-state index is -2.51. The molecule has 0 bridgehead atoms. The Labute approximate surface area is 95.8 Å². The number of hydrogen-bond acceptors (Lipinski definition) is 2. The molecule has 0 saturated heterocycles. The summed E-state index contributed by atoms with van der Waals surface area (Å²) in [5.74, 6) is -3.11.